The second kappa shape index (κ2) is 8.02. The first-order chi connectivity index (χ1) is 14.2. The van der Waals surface area contributed by atoms with E-state index < -0.39 is 11.6 Å². The Labute approximate surface area is 166 Å². The van der Waals surface area contributed by atoms with Crippen LogP contribution in [0.4, 0.5) is 0 Å². The first-order valence-electron chi connectivity index (χ1n) is 9.08. The number of benzene rings is 3. The molecule has 3 aromatic carbocycles. The van der Waals surface area contributed by atoms with Crippen molar-refractivity contribution in [2.45, 2.75) is 6.61 Å². The molecule has 0 atom stereocenters. The smallest absolute Gasteiger partial charge is 0.336 e. The van der Waals surface area contributed by atoms with E-state index >= 15 is 0 Å². The fourth-order valence-corrected chi connectivity index (χ4v) is 3.29. The van der Waals surface area contributed by atoms with Crippen molar-refractivity contribution in [2.75, 3.05) is 7.11 Å². The van der Waals surface area contributed by atoms with Crippen molar-refractivity contribution < 1.29 is 18.7 Å². The van der Waals surface area contributed by atoms with Crippen molar-refractivity contribution >= 4 is 33.8 Å². The van der Waals surface area contributed by atoms with Crippen LogP contribution in [0.3, 0.4) is 0 Å². The van der Waals surface area contributed by atoms with E-state index in [1.807, 2.05) is 54.6 Å². The number of rotatable bonds is 5. The molecule has 0 unspecified atom stereocenters. The van der Waals surface area contributed by atoms with Gasteiger partial charge in [0.2, 0.25) is 0 Å². The molecular weight excluding hydrogens is 368 g/mol. The van der Waals surface area contributed by atoms with Crippen molar-refractivity contribution in [3.8, 4) is 5.75 Å². The molecule has 0 spiro atoms. The van der Waals surface area contributed by atoms with Crippen LogP contribution in [0.1, 0.15) is 11.1 Å². The summed E-state index contributed by atoms with van der Waals surface area (Å²) in [4.78, 5) is 24.2. The molecule has 0 bridgehead atoms. The molecule has 1 aromatic heterocycles. The van der Waals surface area contributed by atoms with Gasteiger partial charge in [-0.05, 0) is 29.0 Å². The molecule has 144 valence electrons. The molecule has 0 amide bonds. The lowest BCUT2D eigenvalue weighted by molar-refractivity contribution is -0.138. The number of hydrogen-bond donors (Lipinski definition) is 0. The van der Waals surface area contributed by atoms with Crippen LogP contribution in [-0.2, 0) is 16.1 Å². The number of ether oxygens (including phenoxy) is 2. The Morgan fingerprint density at radius 1 is 1.03 bits per heavy atom. The average Bonchev–Trinajstić information content (AvgIpc) is 2.75. The predicted molar refractivity (Wildman–Crippen MR) is 112 cm³/mol. The molecule has 0 N–H and O–H groups in total. The second-order valence-electron chi connectivity index (χ2n) is 6.43. The summed E-state index contributed by atoms with van der Waals surface area (Å²) in [6.07, 6.45) is 2.97. The maximum atomic E-state index is 12.2. The van der Waals surface area contributed by atoms with E-state index in [9.17, 15) is 9.59 Å². The zero-order valence-corrected chi connectivity index (χ0v) is 15.8. The van der Waals surface area contributed by atoms with Crippen LogP contribution < -0.4 is 10.4 Å². The number of para-hydroxylation sites is 1. The summed E-state index contributed by atoms with van der Waals surface area (Å²) in [6.45, 7) is -0.0365. The summed E-state index contributed by atoms with van der Waals surface area (Å²) >= 11 is 0. The van der Waals surface area contributed by atoms with Crippen molar-refractivity contribution in [1.82, 2.24) is 0 Å². The van der Waals surface area contributed by atoms with Gasteiger partial charge in [-0.15, -0.1) is 0 Å². The van der Waals surface area contributed by atoms with Crippen LogP contribution in [0.5, 0.6) is 5.75 Å². The molecule has 4 aromatic rings. The summed E-state index contributed by atoms with van der Waals surface area (Å²) in [7, 11) is 1.57. The Morgan fingerprint density at radius 2 is 1.83 bits per heavy atom. The Bertz CT molecular complexity index is 1280. The fourth-order valence-electron chi connectivity index (χ4n) is 3.29. The zero-order chi connectivity index (χ0) is 20.2. The lowest BCUT2D eigenvalue weighted by Crippen LogP contribution is -2.06. The van der Waals surface area contributed by atoms with Crippen molar-refractivity contribution in [3.63, 3.8) is 0 Å². The van der Waals surface area contributed by atoms with Gasteiger partial charge in [0, 0.05) is 28.7 Å². The van der Waals surface area contributed by atoms with Crippen LogP contribution in [-0.4, -0.2) is 13.1 Å². The van der Waals surface area contributed by atoms with E-state index in [1.54, 1.807) is 19.3 Å². The van der Waals surface area contributed by atoms with Gasteiger partial charge in [-0.25, -0.2) is 9.59 Å². The third-order valence-electron chi connectivity index (χ3n) is 4.62. The minimum atomic E-state index is -0.516. The normalized spacial score (nSPS) is 11.2. The van der Waals surface area contributed by atoms with Gasteiger partial charge in [0.25, 0.3) is 0 Å². The zero-order valence-electron chi connectivity index (χ0n) is 15.8. The number of methoxy groups -OCH3 is 1. The third kappa shape index (κ3) is 3.89. The van der Waals surface area contributed by atoms with Crippen LogP contribution in [0.2, 0.25) is 0 Å². The number of carbonyl (C=O) groups excluding carboxylic acids is 1. The SMILES string of the molecule is COc1ccccc1/C=C/C(=O)OCc1cc(=O)oc2ccc3ccccc3c12. The molecule has 0 saturated heterocycles. The monoisotopic (exact) mass is 386 g/mol. The Balaban J connectivity index is 1.61. The van der Waals surface area contributed by atoms with Crippen LogP contribution in [0.25, 0.3) is 27.8 Å². The lowest BCUT2D eigenvalue weighted by Gasteiger charge is -2.09. The van der Waals surface area contributed by atoms with Gasteiger partial charge >= 0.3 is 11.6 Å². The molecule has 4 rings (SSSR count). The largest absolute Gasteiger partial charge is 0.496 e. The van der Waals surface area contributed by atoms with Crippen molar-refractivity contribution in [1.29, 1.82) is 0 Å². The first-order valence-corrected chi connectivity index (χ1v) is 9.08. The van der Waals surface area contributed by atoms with Crippen LogP contribution in [0, 0.1) is 0 Å². The number of hydrogen-bond acceptors (Lipinski definition) is 5. The van der Waals surface area contributed by atoms with Gasteiger partial charge in [-0.2, -0.15) is 0 Å². The third-order valence-corrected chi connectivity index (χ3v) is 4.62. The maximum absolute atomic E-state index is 12.2. The topological polar surface area (TPSA) is 65.7 Å². The average molecular weight is 386 g/mol. The van der Waals surface area contributed by atoms with Gasteiger partial charge in [0.15, 0.2) is 0 Å². The molecule has 5 heteroatoms. The lowest BCUT2D eigenvalue weighted by atomic mass is 10.0. The molecule has 0 radical (unpaired) electrons. The molecule has 5 nitrogen and oxygen atoms in total. The Kier molecular flexibility index (Phi) is 5.12. The molecule has 0 aliphatic rings. The molecule has 1 heterocycles. The summed E-state index contributed by atoms with van der Waals surface area (Å²) in [5, 5.41) is 2.71. The van der Waals surface area contributed by atoms with Gasteiger partial charge in [-0.1, -0.05) is 48.5 Å². The number of esters is 1. The second-order valence-corrected chi connectivity index (χ2v) is 6.43. The minimum absolute atomic E-state index is 0.0365. The van der Waals surface area contributed by atoms with Gasteiger partial charge in [0.1, 0.15) is 17.9 Å². The van der Waals surface area contributed by atoms with E-state index in [2.05, 4.69) is 0 Å². The van der Waals surface area contributed by atoms with Crippen molar-refractivity contribution in [2.24, 2.45) is 0 Å². The predicted octanol–water partition coefficient (Wildman–Crippen LogP) is 4.71. The highest BCUT2D eigenvalue weighted by Crippen LogP contribution is 2.27. The molecular formula is C24H18O5. The number of fused-ring (bicyclic) bond motifs is 3. The summed E-state index contributed by atoms with van der Waals surface area (Å²) in [6, 6.07) is 20.2. The summed E-state index contributed by atoms with van der Waals surface area (Å²) < 4.78 is 16.0. The molecule has 29 heavy (non-hydrogen) atoms. The van der Waals surface area contributed by atoms with E-state index in [0.717, 1.165) is 21.7 Å². The highest BCUT2D eigenvalue weighted by atomic mass is 16.5. The molecule has 0 aliphatic carbocycles. The van der Waals surface area contributed by atoms with Gasteiger partial charge < -0.3 is 13.9 Å². The van der Waals surface area contributed by atoms with E-state index in [1.165, 1.54) is 12.1 Å². The van der Waals surface area contributed by atoms with E-state index in [4.69, 9.17) is 13.9 Å². The van der Waals surface area contributed by atoms with Gasteiger partial charge in [0.05, 0.1) is 7.11 Å². The molecule has 0 aliphatic heterocycles. The quantitative estimate of drug-likeness (QED) is 0.215. The maximum Gasteiger partial charge on any atom is 0.336 e. The summed E-state index contributed by atoms with van der Waals surface area (Å²) in [5.41, 5.74) is 1.35. The Morgan fingerprint density at radius 3 is 2.69 bits per heavy atom. The minimum Gasteiger partial charge on any atom is -0.496 e. The molecule has 0 saturated carbocycles. The van der Waals surface area contributed by atoms with Crippen molar-refractivity contribution in [3.05, 3.63) is 94.4 Å². The summed E-state index contributed by atoms with van der Waals surface area (Å²) in [5.74, 6) is 0.146. The molecule has 0 fully saturated rings. The fraction of sp³-hybridized carbons (Fsp3) is 0.0833. The van der Waals surface area contributed by atoms with Gasteiger partial charge in [-0.3, -0.25) is 0 Å². The Hall–Kier alpha value is -3.86. The van der Waals surface area contributed by atoms with E-state index in [0.29, 0.717) is 16.9 Å². The standard InChI is InChI=1S/C24H18O5/c1-27-20-9-5-3-7-17(20)11-13-22(25)28-15-18-14-23(26)29-21-12-10-16-6-2-4-8-19(16)24(18)21/h2-14H,15H2,1H3/b13-11+. The first kappa shape index (κ1) is 18.5. The number of carbonyl (C=O) groups is 1. The van der Waals surface area contributed by atoms with E-state index in [-0.39, 0.29) is 6.61 Å². The highest BCUT2D eigenvalue weighted by molar-refractivity contribution is 6.07. The van der Waals surface area contributed by atoms with Crippen LogP contribution >= 0.6 is 0 Å². The van der Waals surface area contributed by atoms with Crippen LogP contribution in [0.15, 0.2) is 82.0 Å². The highest BCUT2D eigenvalue weighted by Gasteiger charge is 2.11.